The fourth-order valence-corrected chi connectivity index (χ4v) is 2.25. The third kappa shape index (κ3) is 3.07. The van der Waals surface area contributed by atoms with Crippen LogP contribution in [0.3, 0.4) is 0 Å². The van der Waals surface area contributed by atoms with Gasteiger partial charge >= 0.3 is 11.6 Å². The van der Waals surface area contributed by atoms with E-state index in [0.29, 0.717) is 17.8 Å². The zero-order valence-corrected chi connectivity index (χ0v) is 12.6. The van der Waals surface area contributed by atoms with Crippen molar-refractivity contribution in [3.05, 3.63) is 39.7 Å². The first-order valence-corrected chi connectivity index (χ1v) is 6.78. The van der Waals surface area contributed by atoms with E-state index >= 15 is 0 Å². The van der Waals surface area contributed by atoms with Crippen LogP contribution in [0.4, 0.5) is 0 Å². The van der Waals surface area contributed by atoms with E-state index in [9.17, 15) is 9.59 Å². The monoisotopic (exact) mass is 290 g/mol. The smallest absolute Gasteiger partial charge is 0.346 e. The van der Waals surface area contributed by atoms with Crippen LogP contribution in [0.15, 0.2) is 27.4 Å². The summed E-state index contributed by atoms with van der Waals surface area (Å²) in [5.74, 6) is 0.0589. The van der Waals surface area contributed by atoms with Gasteiger partial charge in [0.2, 0.25) is 0 Å². The molecule has 0 saturated heterocycles. The van der Waals surface area contributed by atoms with Gasteiger partial charge in [-0.3, -0.25) is 0 Å². The number of ether oxygens (including phenoxy) is 2. The van der Waals surface area contributed by atoms with Crippen LogP contribution in [0, 0.1) is 6.92 Å². The number of rotatable bonds is 4. The molecule has 5 nitrogen and oxygen atoms in total. The first kappa shape index (κ1) is 15.1. The lowest BCUT2D eigenvalue weighted by Gasteiger charge is -2.16. The van der Waals surface area contributed by atoms with Gasteiger partial charge in [0.05, 0.1) is 12.5 Å². The van der Waals surface area contributed by atoms with Crippen LogP contribution in [-0.2, 0) is 16.0 Å². The number of benzene rings is 1. The first-order valence-electron chi connectivity index (χ1n) is 6.78. The summed E-state index contributed by atoms with van der Waals surface area (Å²) in [5.41, 5.74) is 1.78. The Bertz CT molecular complexity index is 729. The van der Waals surface area contributed by atoms with Gasteiger partial charge in [0.1, 0.15) is 11.3 Å². The number of aryl methyl sites for hydroxylation is 2. The summed E-state index contributed by atoms with van der Waals surface area (Å²) < 4.78 is 15.6. The van der Waals surface area contributed by atoms with E-state index in [2.05, 4.69) is 4.74 Å². The standard InChI is InChI=1S/C16H18O5/c1-5-11-8-14(17)21-13-7-9(2)6-12(15(11)13)20-10(3)16(18)19-4/h6-8,10H,5H2,1-4H3. The van der Waals surface area contributed by atoms with E-state index in [1.807, 2.05) is 19.9 Å². The van der Waals surface area contributed by atoms with Crippen molar-refractivity contribution in [3.8, 4) is 5.75 Å². The molecule has 0 bridgehead atoms. The highest BCUT2D eigenvalue weighted by Crippen LogP contribution is 2.31. The molecule has 1 unspecified atom stereocenters. The molecule has 0 aliphatic rings. The molecule has 0 radical (unpaired) electrons. The highest BCUT2D eigenvalue weighted by molar-refractivity contribution is 5.88. The van der Waals surface area contributed by atoms with Crippen LogP contribution in [-0.4, -0.2) is 19.2 Å². The van der Waals surface area contributed by atoms with Gasteiger partial charge in [-0.15, -0.1) is 0 Å². The van der Waals surface area contributed by atoms with Gasteiger partial charge in [-0.1, -0.05) is 6.92 Å². The highest BCUT2D eigenvalue weighted by Gasteiger charge is 2.18. The number of fused-ring (bicyclic) bond motifs is 1. The van der Waals surface area contributed by atoms with Crippen LogP contribution in [0.5, 0.6) is 5.75 Å². The Morgan fingerprint density at radius 2 is 2.05 bits per heavy atom. The average Bonchev–Trinajstić information content (AvgIpc) is 2.44. The molecule has 5 heteroatoms. The zero-order valence-electron chi connectivity index (χ0n) is 12.6. The van der Waals surface area contributed by atoms with Gasteiger partial charge in [0.25, 0.3) is 0 Å². The summed E-state index contributed by atoms with van der Waals surface area (Å²) in [6.07, 6.45) is -0.0784. The molecule has 0 aliphatic carbocycles. The van der Waals surface area contributed by atoms with Gasteiger partial charge in [-0.05, 0) is 43.5 Å². The minimum atomic E-state index is -0.739. The molecule has 0 spiro atoms. The van der Waals surface area contributed by atoms with Crippen molar-refractivity contribution in [2.75, 3.05) is 7.11 Å². The second kappa shape index (κ2) is 5.99. The van der Waals surface area contributed by atoms with Crippen molar-refractivity contribution in [1.29, 1.82) is 0 Å². The first-order chi connectivity index (χ1) is 9.96. The SMILES string of the molecule is CCc1cc(=O)oc2cc(C)cc(OC(C)C(=O)OC)c12. The van der Waals surface area contributed by atoms with E-state index in [0.717, 1.165) is 16.5 Å². The van der Waals surface area contributed by atoms with Crippen molar-refractivity contribution in [2.45, 2.75) is 33.3 Å². The molecule has 0 amide bonds. The Morgan fingerprint density at radius 3 is 2.67 bits per heavy atom. The normalized spacial score (nSPS) is 12.2. The van der Waals surface area contributed by atoms with Crippen molar-refractivity contribution in [1.82, 2.24) is 0 Å². The molecule has 1 aromatic carbocycles. The Hall–Kier alpha value is -2.30. The van der Waals surface area contributed by atoms with Gasteiger partial charge in [-0.25, -0.2) is 9.59 Å². The second-order valence-corrected chi connectivity index (χ2v) is 4.86. The molecule has 0 aliphatic heterocycles. The molecule has 0 fully saturated rings. The number of esters is 1. The molecule has 0 N–H and O–H groups in total. The maximum Gasteiger partial charge on any atom is 0.346 e. The van der Waals surface area contributed by atoms with Crippen molar-refractivity contribution >= 4 is 16.9 Å². The molecule has 2 rings (SSSR count). The van der Waals surface area contributed by atoms with Gasteiger partial charge in [0.15, 0.2) is 6.10 Å². The third-order valence-corrected chi connectivity index (χ3v) is 3.25. The average molecular weight is 290 g/mol. The van der Waals surface area contributed by atoms with E-state index in [1.165, 1.54) is 13.2 Å². The predicted molar refractivity (Wildman–Crippen MR) is 78.7 cm³/mol. The van der Waals surface area contributed by atoms with Crippen LogP contribution in [0.1, 0.15) is 25.0 Å². The second-order valence-electron chi connectivity index (χ2n) is 4.86. The number of hydrogen-bond donors (Lipinski definition) is 0. The fourth-order valence-electron chi connectivity index (χ4n) is 2.25. The van der Waals surface area contributed by atoms with Crippen molar-refractivity contribution < 1.29 is 18.7 Å². The molecule has 1 aromatic heterocycles. The Balaban J connectivity index is 2.62. The molecule has 1 heterocycles. The lowest BCUT2D eigenvalue weighted by Crippen LogP contribution is -2.25. The lowest BCUT2D eigenvalue weighted by molar-refractivity contribution is -0.147. The van der Waals surface area contributed by atoms with Crippen LogP contribution >= 0.6 is 0 Å². The highest BCUT2D eigenvalue weighted by atomic mass is 16.6. The summed E-state index contributed by atoms with van der Waals surface area (Å²) in [4.78, 5) is 23.1. The van der Waals surface area contributed by atoms with Crippen molar-refractivity contribution in [2.24, 2.45) is 0 Å². The van der Waals surface area contributed by atoms with E-state index in [4.69, 9.17) is 9.15 Å². The molecular weight excluding hydrogens is 272 g/mol. The molecule has 0 saturated carbocycles. The Morgan fingerprint density at radius 1 is 1.33 bits per heavy atom. The zero-order chi connectivity index (χ0) is 15.6. The summed E-state index contributed by atoms with van der Waals surface area (Å²) in [6, 6.07) is 5.06. The fraction of sp³-hybridized carbons (Fsp3) is 0.375. The van der Waals surface area contributed by atoms with Crippen LogP contribution < -0.4 is 10.4 Å². The van der Waals surface area contributed by atoms with E-state index in [1.54, 1.807) is 13.0 Å². The van der Waals surface area contributed by atoms with Gasteiger partial charge in [0, 0.05) is 6.07 Å². The van der Waals surface area contributed by atoms with Crippen molar-refractivity contribution in [3.63, 3.8) is 0 Å². The Labute approximate surface area is 122 Å². The molecule has 112 valence electrons. The number of carbonyl (C=O) groups excluding carboxylic acids is 1. The molecule has 1 atom stereocenters. The quantitative estimate of drug-likeness (QED) is 0.639. The van der Waals surface area contributed by atoms with Gasteiger partial charge in [-0.2, -0.15) is 0 Å². The molecule has 2 aromatic rings. The number of hydrogen-bond acceptors (Lipinski definition) is 5. The largest absolute Gasteiger partial charge is 0.478 e. The van der Waals surface area contributed by atoms with E-state index < -0.39 is 17.7 Å². The predicted octanol–water partition coefficient (Wildman–Crippen LogP) is 2.60. The van der Waals surface area contributed by atoms with Crippen LogP contribution in [0.25, 0.3) is 11.0 Å². The maximum absolute atomic E-state index is 11.6. The molecule has 21 heavy (non-hydrogen) atoms. The minimum Gasteiger partial charge on any atom is -0.478 e. The number of carbonyl (C=O) groups is 1. The van der Waals surface area contributed by atoms with Crippen LogP contribution in [0.2, 0.25) is 0 Å². The minimum absolute atomic E-state index is 0.392. The summed E-state index contributed by atoms with van der Waals surface area (Å²) in [7, 11) is 1.31. The maximum atomic E-state index is 11.6. The Kier molecular flexibility index (Phi) is 4.31. The van der Waals surface area contributed by atoms with E-state index in [-0.39, 0.29) is 0 Å². The molecular formula is C16H18O5. The lowest BCUT2D eigenvalue weighted by atomic mass is 10.0. The third-order valence-electron chi connectivity index (χ3n) is 3.25. The summed E-state index contributed by atoms with van der Waals surface area (Å²) in [5, 5.41) is 0.721. The summed E-state index contributed by atoms with van der Waals surface area (Å²) >= 11 is 0. The number of methoxy groups -OCH3 is 1. The topological polar surface area (TPSA) is 65.7 Å². The summed E-state index contributed by atoms with van der Waals surface area (Å²) in [6.45, 7) is 5.43. The van der Waals surface area contributed by atoms with Gasteiger partial charge < -0.3 is 13.9 Å².